The molecular weight excluding hydrogens is 306 g/mol. The normalized spacial score (nSPS) is 12.7. The molecule has 0 fully saturated rings. The van der Waals surface area contributed by atoms with Gasteiger partial charge in [-0.15, -0.1) is 30.3 Å². The van der Waals surface area contributed by atoms with Gasteiger partial charge in [0, 0.05) is 6.42 Å². The van der Waals surface area contributed by atoms with Crippen molar-refractivity contribution in [1.82, 2.24) is 0 Å². The van der Waals surface area contributed by atoms with Gasteiger partial charge in [-0.25, -0.2) is 0 Å². The zero-order valence-electron chi connectivity index (χ0n) is 11.0. The zero-order chi connectivity index (χ0) is 16.5. The van der Waals surface area contributed by atoms with Crippen molar-refractivity contribution in [2.24, 2.45) is 0 Å². The summed E-state index contributed by atoms with van der Waals surface area (Å²) in [5.74, 6) is 0. The summed E-state index contributed by atoms with van der Waals surface area (Å²) >= 11 is 0. The van der Waals surface area contributed by atoms with Crippen molar-refractivity contribution in [1.29, 1.82) is 0 Å². The third kappa shape index (κ3) is 6.31. The van der Waals surface area contributed by atoms with Gasteiger partial charge in [0.25, 0.3) is 15.3 Å². The van der Waals surface area contributed by atoms with Crippen molar-refractivity contribution < 1.29 is 29.8 Å². The van der Waals surface area contributed by atoms with Gasteiger partial charge in [0.05, 0.1) is 0 Å². The van der Waals surface area contributed by atoms with Gasteiger partial charge in [0.15, 0.2) is 6.10 Å². The van der Waals surface area contributed by atoms with Crippen LogP contribution in [0.1, 0.15) is 5.56 Å². The van der Waals surface area contributed by atoms with Crippen LogP contribution in [-0.2, 0) is 20.9 Å². The molecule has 1 aromatic rings. The number of rotatable bonds is 10. The van der Waals surface area contributed by atoms with Crippen molar-refractivity contribution in [3.63, 3.8) is 0 Å². The van der Waals surface area contributed by atoms with E-state index in [9.17, 15) is 30.3 Å². The highest BCUT2D eigenvalue weighted by atomic mass is 17.0. The summed E-state index contributed by atoms with van der Waals surface area (Å²) in [5.41, 5.74) is 0.562. The average Bonchev–Trinajstić information content (AvgIpc) is 2.43. The van der Waals surface area contributed by atoms with E-state index in [4.69, 9.17) is 0 Å². The largest absolute Gasteiger partial charge is 0.311 e. The molecule has 0 spiro atoms. The summed E-state index contributed by atoms with van der Waals surface area (Å²) in [6.45, 7) is -0.890. The lowest BCUT2D eigenvalue weighted by atomic mass is 10.0. The van der Waals surface area contributed by atoms with Crippen molar-refractivity contribution in [2.75, 3.05) is 6.61 Å². The predicted molar refractivity (Wildman–Crippen MR) is 66.8 cm³/mol. The van der Waals surface area contributed by atoms with Crippen LogP contribution >= 0.6 is 0 Å². The first kappa shape index (κ1) is 16.9. The summed E-state index contributed by atoms with van der Waals surface area (Å²) in [6, 6.07) is 8.21. The molecule has 0 N–H and O–H groups in total. The minimum absolute atomic E-state index is 0.137. The Morgan fingerprint density at radius 1 is 0.864 bits per heavy atom. The lowest BCUT2D eigenvalue weighted by Crippen LogP contribution is -2.40. The summed E-state index contributed by atoms with van der Waals surface area (Å²) in [7, 11) is 0. The van der Waals surface area contributed by atoms with Crippen LogP contribution < -0.4 is 0 Å². The summed E-state index contributed by atoms with van der Waals surface area (Å²) in [5, 5.41) is 27.5. The molecule has 0 amide bonds. The zero-order valence-corrected chi connectivity index (χ0v) is 11.0. The fourth-order valence-electron chi connectivity index (χ4n) is 1.64. The van der Waals surface area contributed by atoms with Crippen LogP contribution in [0.25, 0.3) is 0 Å². The smallest absolute Gasteiger partial charge is 0.294 e. The van der Waals surface area contributed by atoms with Crippen molar-refractivity contribution in [3.05, 3.63) is 66.2 Å². The Morgan fingerprint density at radius 2 is 1.41 bits per heavy atom. The molecule has 0 unspecified atom stereocenters. The monoisotopic (exact) mass is 317 g/mol. The van der Waals surface area contributed by atoms with Gasteiger partial charge in [-0.05, 0) is 5.56 Å². The average molecular weight is 317 g/mol. The second-order valence-corrected chi connectivity index (χ2v) is 3.94. The molecule has 0 heterocycles. The molecule has 0 radical (unpaired) electrons. The van der Waals surface area contributed by atoms with Crippen LogP contribution in [0, 0.1) is 30.3 Å². The van der Waals surface area contributed by atoms with Crippen LogP contribution in [0.4, 0.5) is 0 Å². The fraction of sp³-hybridized carbons (Fsp3) is 0.400. The van der Waals surface area contributed by atoms with Crippen LogP contribution in [-0.4, -0.2) is 34.1 Å². The molecule has 120 valence electrons. The lowest BCUT2D eigenvalue weighted by molar-refractivity contribution is -0.810. The molecule has 1 aromatic carbocycles. The van der Waals surface area contributed by atoms with Crippen LogP contribution in [0.15, 0.2) is 30.3 Å². The minimum atomic E-state index is -1.65. The maximum Gasteiger partial charge on any atom is 0.294 e. The van der Waals surface area contributed by atoms with Crippen molar-refractivity contribution >= 4 is 0 Å². The first-order valence-electron chi connectivity index (χ1n) is 5.82. The molecule has 0 aliphatic carbocycles. The number of hydrogen-bond donors (Lipinski definition) is 0. The molecule has 0 aliphatic heterocycles. The van der Waals surface area contributed by atoms with Gasteiger partial charge in [0.2, 0.25) is 0 Å². The van der Waals surface area contributed by atoms with Crippen LogP contribution in [0.5, 0.6) is 0 Å². The molecule has 0 bridgehead atoms. The Kier molecular flexibility index (Phi) is 6.28. The Balaban J connectivity index is 2.88. The van der Waals surface area contributed by atoms with Gasteiger partial charge in [0.1, 0.15) is 12.7 Å². The van der Waals surface area contributed by atoms with Gasteiger partial charge in [-0.3, -0.25) is 0 Å². The van der Waals surface area contributed by atoms with E-state index in [1.807, 2.05) is 0 Å². The van der Waals surface area contributed by atoms with Gasteiger partial charge >= 0.3 is 0 Å². The highest BCUT2D eigenvalue weighted by Crippen LogP contribution is 2.13. The molecule has 0 saturated heterocycles. The highest BCUT2D eigenvalue weighted by molar-refractivity contribution is 5.15. The lowest BCUT2D eigenvalue weighted by Gasteiger charge is -2.22. The fourth-order valence-corrected chi connectivity index (χ4v) is 1.64. The second kappa shape index (κ2) is 8.18. The minimum Gasteiger partial charge on any atom is -0.311 e. The SMILES string of the molecule is O=[N+]([O-])OC[C@H](O[N+](=O)[O-])[C@@H](Cc1ccccc1)O[N+](=O)[O-]. The number of nitrogens with zero attached hydrogens (tertiary/aromatic N) is 3. The van der Waals surface area contributed by atoms with E-state index in [1.165, 1.54) is 0 Å². The van der Waals surface area contributed by atoms with E-state index >= 15 is 0 Å². The third-order valence-electron chi connectivity index (χ3n) is 2.48. The first-order chi connectivity index (χ1) is 10.4. The van der Waals surface area contributed by atoms with Gasteiger partial charge < -0.3 is 14.5 Å². The molecule has 12 nitrogen and oxygen atoms in total. The maximum atomic E-state index is 10.5. The third-order valence-corrected chi connectivity index (χ3v) is 2.48. The topological polar surface area (TPSA) is 157 Å². The van der Waals surface area contributed by atoms with E-state index in [0.29, 0.717) is 5.56 Å². The van der Waals surface area contributed by atoms with Gasteiger partial charge in [-0.1, -0.05) is 30.3 Å². The van der Waals surface area contributed by atoms with E-state index in [2.05, 4.69) is 14.5 Å². The highest BCUT2D eigenvalue weighted by Gasteiger charge is 2.30. The summed E-state index contributed by atoms with van der Waals surface area (Å²) in [4.78, 5) is 43.7. The van der Waals surface area contributed by atoms with Crippen LogP contribution in [0.3, 0.4) is 0 Å². The molecule has 1 rings (SSSR count). The first-order valence-corrected chi connectivity index (χ1v) is 5.82. The molecular formula is C10H11N3O9. The van der Waals surface area contributed by atoms with Gasteiger partial charge in [-0.2, -0.15) is 0 Å². The van der Waals surface area contributed by atoms with Crippen LogP contribution in [0.2, 0.25) is 0 Å². The molecule has 12 heteroatoms. The van der Waals surface area contributed by atoms with Crippen molar-refractivity contribution in [2.45, 2.75) is 18.6 Å². The Bertz CT molecular complexity index is 524. The Morgan fingerprint density at radius 3 is 1.91 bits per heavy atom. The molecule has 22 heavy (non-hydrogen) atoms. The Hall–Kier alpha value is -3.18. The second-order valence-electron chi connectivity index (χ2n) is 3.94. The molecule has 0 saturated carbocycles. The number of hydrogen-bond acceptors (Lipinski definition) is 9. The Labute approximate surface area is 122 Å². The van der Waals surface area contributed by atoms with E-state index in [1.54, 1.807) is 30.3 Å². The maximum absolute atomic E-state index is 10.5. The van der Waals surface area contributed by atoms with Crippen molar-refractivity contribution in [3.8, 4) is 0 Å². The molecule has 2 atom stereocenters. The summed E-state index contributed by atoms with van der Waals surface area (Å²) in [6.07, 6.45) is -3.24. The quantitative estimate of drug-likeness (QED) is 0.444. The molecule has 0 aliphatic rings. The summed E-state index contributed by atoms with van der Waals surface area (Å²) < 4.78 is 0. The molecule has 0 aromatic heterocycles. The van der Waals surface area contributed by atoms with E-state index in [-0.39, 0.29) is 6.42 Å². The van der Waals surface area contributed by atoms with E-state index < -0.39 is 34.1 Å². The van der Waals surface area contributed by atoms with E-state index in [0.717, 1.165) is 0 Å². The number of benzene rings is 1. The predicted octanol–water partition coefficient (Wildman–Crippen LogP) is 0.591. The standard InChI is InChI=1S/C10H11N3O9/c14-11(15)20-7-10(22-13(18)19)9(21-12(16)17)6-8-4-2-1-3-5-8/h1-5,9-10H,6-7H2/t9-,10+/m1/s1.